The molecule has 54 heavy (non-hydrogen) atoms. The van der Waals surface area contributed by atoms with Crippen LogP contribution in [0.3, 0.4) is 0 Å². The number of hydrogen-bond acceptors (Lipinski definition) is 3. The van der Waals surface area contributed by atoms with E-state index in [0.717, 1.165) is 33.8 Å². The van der Waals surface area contributed by atoms with Crippen LogP contribution in [0.25, 0.3) is 48.7 Å². The normalized spacial score (nSPS) is 12.6. The summed E-state index contributed by atoms with van der Waals surface area (Å²) in [4.78, 5) is 2.31. The number of phenolic OH excluding ortho intramolecular Hbond substituents is 1. The molecule has 0 aliphatic carbocycles. The van der Waals surface area contributed by atoms with E-state index in [4.69, 9.17) is 0 Å². The van der Waals surface area contributed by atoms with Crippen molar-refractivity contribution in [1.82, 2.24) is 4.57 Å². The average Bonchev–Trinajstić information content (AvgIpc) is 3.69. The summed E-state index contributed by atoms with van der Waals surface area (Å²) in [6.45, 7) is 20.4. The molecule has 2 heterocycles. The zero-order chi connectivity index (χ0) is 38.2. The summed E-state index contributed by atoms with van der Waals surface area (Å²) in [6, 6.07) is 46.1. The summed E-state index contributed by atoms with van der Waals surface area (Å²) >= 11 is 1.75. The summed E-state index contributed by atoms with van der Waals surface area (Å²) in [7, 11) is 0. The number of hydrogen-bond donors (Lipinski definition) is 1. The van der Waals surface area contributed by atoms with Crippen LogP contribution in [0.15, 0.2) is 133 Å². The smallest absolute Gasteiger partial charge is 0.119 e. The minimum Gasteiger partial charge on any atom is -0.508 e. The second-order valence-corrected chi connectivity index (χ2v) is 18.7. The van der Waals surface area contributed by atoms with Crippen molar-refractivity contribution in [1.29, 1.82) is 0 Å². The average molecular weight is 727 g/mol. The molecule has 0 saturated heterocycles. The first kappa shape index (κ1) is 35.7. The highest BCUT2D eigenvalue weighted by atomic mass is 32.1. The van der Waals surface area contributed by atoms with E-state index >= 15 is 0 Å². The van der Waals surface area contributed by atoms with Crippen LogP contribution in [0, 0.1) is 0 Å². The van der Waals surface area contributed by atoms with Gasteiger partial charge in [0.15, 0.2) is 0 Å². The molecule has 8 rings (SSSR count). The third kappa shape index (κ3) is 6.47. The SMILES string of the molecule is CC(C)(C)c1ccc(N(c2cc(O)cc(-n3c4ccc(C(C)(C)C)cc4c4cc(C(C)(C)C)ccc43)c2)c2csc3ccc(-c4ccccc4)cc23)cc1. The Morgan fingerprint density at radius 1 is 0.500 bits per heavy atom. The molecule has 0 bridgehead atoms. The maximum Gasteiger partial charge on any atom is 0.119 e. The van der Waals surface area contributed by atoms with Crippen LogP contribution in [-0.2, 0) is 16.2 Å². The van der Waals surface area contributed by atoms with E-state index in [9.17, 15) is 5.11 Å². The van der Waals surface area contributed by atoms with Crippen molar-refractivity contribution in [3.05, 3.63) is 149 Å². The third-order valence-electron chi connectivity index (χ3n) is 10.8. The number of rotatable bonds is 5. The molecule has 0 aliphatic heterocycles. The quantitative estimate of drug-likeness (QED) is 0.191. The Kier molecular flexibility index (Phi) is 8.54. The van der Waals surface area contributed by atoms with Crippen molar-refractivity contribution in [3.63, 3.8) is 0 Å². The Morgan fingerprint density at radius 2 is 1.07 bits per heavy atom. The van der Waals surface area contributed by atoms with Crippen LogP contribution in [0.2, 0.25) is 0 Å². The topological polar surface area (TPSA) is 28.4 Å². The van der Waals surface area contributed by atoms with Crippen LogP contribution in [-0.4, -0.2) is 9.67 Å². The molecule has 0 fully saturated rings. The third-order valence-corrected chi connectivity index (χ3v) is 11.7. The summed E-state index contributed by atoms with van der Waals surface area (Å²) in [5, 5.41) is 17.5. The predicted octanol–water partition coefficient (Wildman–Crippen LogP) is 14.7. The van der Waals surface area contributed by atoms with Crippen LogP contribution in [0.5, 0.6) is 5.75 Å². The fraction of sp³-hybridized carbons (Fsp3) is 0.240. The second kappa shape index (κ2) is 12.9. The molecule has 272 valence electrons. The minimum atomic E-state index is 0.00909. The molecule has 6 aromatic carbocycles. The Hall–Kier alpha value is -5.32. The van der Waals surface area contributed by atoms with Gasteiger partial charge in [0.05, 0.1) is 28.1 Å². The minimum absolute atomic E-state index is 0.00909. The van der Waals surface area contributed by atoms with E-state index < -0.39 is 0 Å². The number of aromatic hydroxyl groups is 1. The predicted molar refractivity (Wildman–Crippen MR) is 234 cm³/mol. The van der Waals surface area contributed by atoms with Gasteiger partial charge in [-0.25, -0.2) is 0 Å². The van der Waals surface area contributed by atoms with Crippen molar-refractivity contribution >= 4 is 60.3 Å². The lowest BCUT2D eigenvalue weighted by Gasteiger charge is -2.27. The van der Waals surface area contributed by atoms with Crippen LogP contribution >= 0.6 is 11.3 Å². The van der Waals surface area contributed by atoms with Gasteiger partial charge >= 0.3 is 0 Å². The molecule has 0 spiro atoms. The zero-order valence-electron chi connectivity index (χ0n) is 33.0. The van der Waals surface area contributed by atoms with Crippen molar-refractivity contribution in [2.45, 2.75) is 78.6 Å². The van der Waals surface area contributed by atoms with Gasteiger partial charge in [0.1, 0.15) is 5.75 Å². The number of nitrogens with zero attached hydrogens (tertiary/aromatic N) is 2. The number of fused-ring (bicyclic) bond motifs is 4. The van der Waals surface area contributed by atoms with E-state index in [1.165, 1.54) is 48.7 Å². The number of aromatic nitrogens is 1. The van der Waals surface area contributed by atoms with Crippen molar-refractivity contribution in [2.75, 3.05) is 4.90 Å². The summed E-state index contributed by atoms with van der Waals surface area (Å²) in [5.74, 6) is 0.218. The van der Waals surface area contributed by atoms with Gasteiger partial charge in [0, 0.05) is 44.1 Å². The lowest BCUT2D eigenvalue weighted by molar-refractivity contribution is 0.475. The number of thiophene rings is 1. The fourth-order valence-electron chi connectivity index (χ4n) is 7.61. The standard InChI is InChI=1S/C50H50N2OS/c1-48(2,3)34-16-20-37(21-17-34)51(46-31-54-47-24-15-33(25-43(46)47)32-13-11-10-12-14-32)38-28-39(30-40(53)29-38)52-44-22-18-35(49(4,5)6)26-41(44)42-27-36(50(7,8)9)19-23-45(42)52/h10-31,53H,1-9H3. The van der Waals surface area contributed by atoms with Crippen LogP contribution < -0.4 is 4.90 Å². The summed E-state index contributed by atoms with van der Waals surface area (Å²) in [6.07, 6.45) is 0. The molecular weight excluding hydrogens is 677 g/mol. The largest absolute Gasteiger partial charge is 0.508 e. The highest BCUT2D eigenvalue weighted by Crippen LogP contribution is 2.46. The molecule has 2 aromatic heterocycles. The lowest BCUT2D eigenvalue weighted by Crippen LogP contribution is -2.13. The Bertz CT molecular complexity index is 2590. The first-order valence-corrected chi connectivity index (χ1v) is 19.9. The molecular formula is C50H50N2OS. The Balaban J connectivity index is 1.37. The maximum atomic E-state index is 11.7. The van der Waals surface area contributed by atoms with E-state index in [1.807, 2.05) is 12.1 Å². The van der Waals surface area contributed by atoms with Gasteiger partial charge in [-0.1, -0.05) is 123 Å². The monoisotopic (exact) mass is 726 g/mol. The molecule has 8 aromatic rings. The van der Waals surface area contributed by atoms with Gasteiger partial charge in [-0.05, 0) is 98.7 Å². The van der Waals surface area contributed by atoms with E-state index in [2.05, 4.69) is 192 Å². The van der Waals surface area contributed by atoms with Gasteiger partial charge in [-0.2, -0.15) is 0 Å². The first-order chi connectivity index (χ1) is 25.6. The summed E-state index contributed by atoms with van der Waals surface area (Å²) < 4.78 is 3.54. The van der Waals surface area contributed by atoms with Gasteiger partial charge in [0.2, 0.25) is 0 Å². The van der Waals surface area contributed by atoms with Crippen LogP contribution in [0.4, 0.5) is 17.1 Å². The Morgan fingerprint density at radius 3 is 1.65 bits per heavy atom. The van der Waals surface area contributed by atoms with Gasteiger partial charge in [0.25, 0.3) is 0 Å². The van der Waals surface area contributed by atoms with E-state index in [-0.39, 0.29) is 22.0 Å². The van der Waals surface area contributed by atoms with E-state index in [0.29, 0.717) is 0 Å². The zero-order valence-corrected chi connectivity index (χ0v) is 33.8. The van der Waals surface area contributed by atoms with Gasteiger partial charge in [-0.15, -0.1) is 11.3 Å². The second-order valence-electron chi connectivity index (χ2n) is 17.8. The molecule has 4 heteroatoms. The highest BCUT2D eigenvalue weighted by Gasteiger charge is 2.24. The number of anilines is 3. The van der Waals surface area contributed by atoms with Crippen molar-refractivity contribution < 1.29 is 5.11 Å². The van der Waals surface area contributed by atoms with Crippen molar-refractivity contribution in [2.24, 2.45) is 0 Å². The molecule has 0 aliphatic rings. The number of benzene rings is 6. The van der Waals surface area contributed by atoms with E-state index in [1.54, 1.807) is 11.3 Å². The lowest BCUT2D eigenvalue weighted by atomic mass is 9.85. The molecule has 3 nitrogen and oxygen atoms in total. The van der Waals surface area contributed by atoms with Crippen LogP contribution in [0.1, 0.15) is 79.0 Å². The Labute approximate surface area is 324 Å². The fourth-order valence-corrected chi connectivity index (χ4v) is 8.52. The molecule has 0 amide bonds. The van der Waals surface area contributed by atoms with Gasteiger partial charge < -0.3 is 14.6 Å². The molecule has 0 radical (unpaired) electrons. The number of phenols is 1. The first-order valence-electron chi connectivity index (χ1n) is 19.0. The highest BCUT2D eigenvalue weighted by molar-refractivity contribution is 7.17. The van der Waals surface area contributed by atoms with Crippen molar-refractivity contribution in [3.8, 4) is 22.6 Å². The molecule has 0 saturated carbocycles. The van der Waals surface area contributed by atoms with Gasteiger partial charge in [-0.3, -0.25) is 0 Å². The molecule has 1 N–H and O–H groups in total. The molecule has 0 atom stereocenters. The summed E-state index contributed by atoms with van der Waals surface area (Å²) in [5.41, 5.74) is 12.5. The maximum absolute atomic E-state index is 11.7. The molecule has 0 unspecified atom stereocenters.